The Bertz CT molecular complexity index is 1110. The molecule has 2 heterocycles. The van der Waals surface area contributed by atoms with Gasteiger partial charge in [-0.1, -0.05) is 54.6 Å². The average Bonchev–Trinajstić information content (AvgIpc) is 3.24. The second kappa shape index (κ2) is 6.61. The van der Waals surface area contributed by atoms with Crippen molar-refractivity contribution in [2.45, 2.75) is 24.1 Å². The van der Waals surface area contributed by atoms with E-state index in [9.17, 15) is 8.42 Å². The highest BCUT2D eigenvalue weighted by Crippen LogP contribution is 2.43. The molecule has 0 unspecified atom stereocenters. The first kappa shape index (κ1) is 17.7. The van der Waals surface area contributed by atoms with Gasteiger partial charge in [0.15, 0.2) is 0 Å². The minimum atomic E-state index is -3.35. The first-order valence-corrected chi connectivity index (χ1v) is 11.3. The summed E-state index contributed by atoms with van der Waals surface area (Å²) >= 11 is 0. The van der Waals surface area contributed by atoms with Crippen LogP contribution >= 0.6 is 0 Å². The fraction of sp³-hybridized carbons (Fsp3) is 0.304. The van der Waals surface area contributed by atoms with Gasteiger partial charge in [-0.05, 0) is 47.4 Å². The van der Waals surface area contributed by atoms with Crippen molar-refractivity contribution < 1.29 is 8.42 Å². The summed E-state index contributed by atoms with van der Waals surface area (Å²) in [7, 11) is -3.35. The lowest BCUT2D eigenvalue weighted by Gasteiger charge is -2.26. The maximum absolute atomic E-state index is 13.4. The molecule has 0 N–H and O–H groups in total. The molecule has 2 aliphatic rings. The summed E-state index contributed by atoms with van der Waals surface area (Å²) in [6.45, 7) is 2.82. The number of nitrogens with zero attached hydrogens (tertiary/aromatic N) is 2. The van der Waals surface area contributed by atoms with Crippen molar-refractivity contribution in [3.63, 3.8) is 0 Å². The van der Waals surface area contributed by atoms with Crippen molar-refractivity contribution in [1.29, 1.82) is 0 Å². The van der Waals surface area contributed by atoms with Crippen LogP contribution < -0.4 is 4.31 Å². The summed E-state index contributed by atoms with van der Waals surface area (Å²) in [5.41, 5.74) is 2.03. The zero-order valence-electron chi connectivity index (χ0n) is 15.8. The van der Waals surface area contributed by atoms with E-state index in [2.05, 4.69) is 47.4 Å². The lowest BCUT2D eigenvalue weighted by atomic mass is 10.0. The standard InChI is InChI=1S/C23H24N2O2S/c26-28(27)23(13-15-25(28)22-8-2-1-3-9-22)12-14-24(18-23)17-19-10-11-20-6-4-5-7-21(20)16-19/h1-11,16H,12-15,17-18H2/t23-/m0/s1. The van der Waals surface area contributed by atoms with E-state index in [4.69, 9.17) is 0 Å². The molecule has 144 valence electrons. The van der Waals surface area contributed by atoms with Gasteiger partial charge in [-0.15, -0.1) is 0 Å². The number of hydrogen-bond acceptors (Lipinski definition) is 3. The highest BCUT2D eigenvalue weighted by molar-refractivity contribution is 7.94. The molecule has 0 bridgehead atoms. The first-order chi connectivity index (χ1) is 13.6. The Hall–Kier alpha value is -2.37. The molecular formula is C23H24N2O2S. The van der Waals surface area contributed by atoms with Gasteiger partial charge < -0.3 is 0 Å². The third kappa shape index (κ3) is 2.81. The molecule has 0 aromatic heterocycles. The summed E-state index contributed by atoms with van der Waals surface area (Å²) in [4.78, 5) is 2.30. The van der Waals surface area contributed by atoms with Gasteiger partial charge in [0.05, 0.1) is 5.69 Å². The second-order valence-electron chi connectivity index (χ2n) is 7.99. The predicted octanol–water partition coefficient (Wildman–Crippen LogP) is 4.02. The molecule has 0 aliphatic carbocycles. The SMILES string of the molecule is O=S1(=O)N(c2ccccc2)CC[C@]12CCN(Cc1ccc3ccccc3c1)C2. The summed E-state index contributed by atoms with van der Waals surface area (Å²) in [6, 6.07) is 24.4. The highest BCUT2D eigenvalue weighted by atomic mass is 32.2. The molecule has 3 aromatic carbocycles. The Kier molecular flexibility index (Phi) is 4.18. The van der Waals surface area contributed by atoms with Crippen LogP contribution in [0, 0.1) is 0 Å². The van der Waals surface area contributed by atoms with Gasteiger partial charge in [0.1, 0.15) is 4.75 Å². The average molecular weight is 393 g/mol. The normalized spacial score (nSPS) is 24.4. The van der Waals surface area contributed by atoms with Gasteiger partial charge in [-0.3, -0.25) is 9.21 Å². The molecule has 2 aliphatic heterocycles. The zero-order valence-corrected chi connectivity index (χ0v) is 16.6. The number of likely N-dealkylation sites (tertiary alicyclic amines) is 1. The van der Waals surface area contributed by atoms with Crippen molar-refractivity contribution >= 4 is 26.5 Å². The van der Waals surface area contributed by atoms with Crippen LogP contribution in [0.3, 0.4) is 0 Å². The smallest absolute Gasteiger partial charge is 0.242 e. The van der Waals surface area contributed by atoms with Crippen molar-refractivity contribution in [2.24, 2.45) is 0 Å². The van der Waals surface area contributed by atoms with Crippen molar-refractivity contribution in [3.8, 4) is 0 Å². The maximum Gasteiger partial charge on any atom is 0.242 e. The number of benzene rings is 3. The molecule has 2 fully saturated rings. The molecular weight excluding hydrogens is 368 g/mol. The van der Waals surface area contributed by atoms with Crippen LogP contribution in [0.5, 0.6) is 0 Å². The molecule has 0 amide bonds. The van der Waals surface area contributed by atoms with Crippen LogP contribution in [-0.4, -0.2) is 37.7 Å². The summed E-state index contributed by atoms with van der Waals surface area (Å²) < 4.78 is 27.8. The van der Waals surface area contributed by atoms with E-state index in [0.29, 0.717) is 25.9 Å². The van der Waals surface area contributed by atoms with Crippen molar-refractivity contribution in [1.82, 2.24) is 4.90 Å². The second-order valence-corrected chi connectivity index (χ2v) is 10.2. The summed E-state index contributed by atoms with van der Waals surface area (Å²) in [5, 5.41) is 2.47. The lowest BCUT2D eigenvalue weighted by molar-refractivity contribution is 0.320. The Balaban J connectivity index is 1.36. The Morgan fingerprint density at radius 3 is 2.36 bits per heavy atom. The number of rotatable bonds is 3. The Labute approximate surface area is 166 Å². The maximum atomic E-state index is 13.4. The lowest BCUT2D eigenvalue weighted by Crippen LogP contribution is -2.42. The third-order valence-corrected chi connectivity index (χ3v) is 8.87. The molecule has 4 nitrogen and oxygen atoms in total. The van der Waals surface area contributed by atoms with Crippen LogP contribution in [0.1, 0.15) is 18.4 Å². The molecule has 1 atom stereocenters. The third-order valence-electron chi connectivity index (χ3n) is 6.27. The predicted molar refractivity (Wildman–Crippen MR) is 114 cm³/mol. The Morgan fingerprint density at radius 2 is 1.54 bits per heavy atom. The number of para-hydroxylation sites is 1. The highest BCUT2D eigenvalue weighted by Gasteiger charge is 2.55. The number of fused-ring (bicyclic) bond motifs is 1. The summed E-state index contributed by atoms with van der Waals surface area (Å²) in [5.74, 6) is 0. The first-order valence-electron chi connectivity index (χ1n) is 9.85. The van der Waals surface area contributed by atoms with E-state index in [1.807, 2.05) is 30.3 Å². The molecule has 2 saturated heterocycles. The number of hydrogen-bond donors (Lipinski definition) is 0. The molecule has 3 aromatic rings. The van der Waals surface area contributed by atoms with E-state index in [1.54, 1.807) is 4.31 Å². The van der Waals surface area contributed by atoms with Gasteiger partial charge in [-0.2, -0.15) is 0 Å². The molecule has 5 heteroatoms. The van der Waals surface area contributed by atoms with E-state index in [1.165, 1.54) is 16.3 Å². The molecule has 5 rings (SSSR count). The van der Waals surface area contributed by atoms with Crippen LogP contribution in [-0.2, 0) is 16.6 Å². The van der Waals surface area contributed by atoms with Crippen LogP contribution in [0.2, 0.25) is 0 Å². The van der Waals surface area contributed by atoms with Crippen LogP contribution in [0.25, 0.3) is 10.8 Å². The number of anilines is 1. The fourth-order valence-electron chi connectivity index (χ4n) is 4.72. The van der Waals surface area contributed by atoms with Crippen molar-refractivity contribution in [3.05, 3.63) is 78.4 Å². The minimum Gasteiger partial charge on any atom is -0.297 e. The topological polar surface area (TPSA) is 40.6 Å². The Morgan fingerprint density at radius 1 is 0.821 bits per heavy atom. The number of sulfonamides is 1. The monoisotopic (exact) mass is 392 g/mol. The fourth-order valence-corrected chi connectivity index (χ4v) is 6.97. The molecule has 0 saturated carbocycles. The van der Waals surface area contributed by atoms with Crippen molar-refractivity contribution in [2.75, 3.05) is 23.9 Å². The summed E-state index contributed by atoms with van der Waals surface area (Å²) in [6.07, 6.45) is 1.42. The largest absolute Gasteiger partial charge is 0.297 e. The van der Waals surface area contributed by atoms with Gasteiger partial charge >= 0.3 is 0 Å². The van der Waals surface area contributed by atoms with E-state index < -0.39 is 14.8 Å². The van der Waals surface area contributed by atoms with Gasteiger partial charge in [0.2, 0.25) is 10.0 Å². The zero-order chi connectivity index (χ0) is 19.2. The quantitative estimate of drug-likeness (QED) is 0.676. The van der Waals surface area contributed by atoms with Crippen LogP contribution in [0.15, 0.2) is 72.8 Å². The van der Waals surface area contributed by atoms with Gasteiger partial charge in [0.25, 0.3) is 0 Å². The minimum absolute atomic E-state index is 0.580. The van der Waals surface area contributed by atoms with Gasteiger partial charge in [0, 0.05) is 26.2 Å². The van der Waals surface area contributed by atoms with Crippen LogP contribution in [0.4, 0.5) is 5.69 Å². The van der Waals surface area contributed by atoms with E-state index in [-0.39, 0.29) is 0 Å². The molecule has 0 radical (unpaired) electrons. The molecule has 1 spiro atoms. The van der Waals surface area contributed by atoms with E-state index >= 15 is 0 Å². The molecule has 28 heavy (non-hydrogen) atoms. The van der Waals surface area contributed by atoms with E-state index in [0.717, 1.165) is 18.8 Å². The van der Waals surface area contributed by atoms with Gasteiger partial charge in [-0.25, -0.2) is 8.42 Å².